The molecule has 0 atom stereocenters. The topological polar surface area (TPSA) is 51.1 Å². The molecule has 0 radical (unpaired) electrons. The lowest BCUT2D eigenvalue weighted by Crippen LogP contribution is -2.31. The highest BCUT2D eigenvalue weighted by Gasteiger charge is 2.23. The Balaban J connectivity index is 1.82. The molecule has 0 spiro atoms. The maximum absolute atomic E-state index is 6.35. The van der Waals surface area contributed by atoms with Gasteiger partial charge in [0.25, 0.3) is 0 Å². The van der Waals surface area contributed by atoms with Gasteiger partial charge in [-0.3, -0.25) is 4.98 Å². The van der Waals surface area contributed by atoms with Gasteiger partial charge in [0.2, 0.25) is 5.88 Å². The lowest BCUT2D eigenvalue weighted by Gasteiger charge is -2.31. The van der Waals surface area contributed by atoms with Crippen LogP contribution < -0.4 is 9.64 Å². The number of benzene rings is 1. The SMILES string of the molecule is COc1ncnc2c1CN(c1ccnc3c(Cl)cc(Br)cc13)CC2. The van der Waals surface area contributed by atoms with Crippen LogP contribution in [0.5, 0.6) is 5.88 Å². The Morgan fingerprint density at radius 1 is 1.25 bits per heavy atom. The van der Waals surface area contributed by atoms with E-state index < -0.39 is 0 Å². The Labute approximate surface area is 152 Å². The number of fused-ring (bicyclic) bond motifs is 2. The van der Waals surface area contributed by atoms with Crippen LogP contribution in [0.3, 0.4) is 0 Å². The summed E-state index contributed by atoms with van der Waals surface area (Å²) in [5.74, 6) is 0.641. The number of ether oxygens (including phenoxy) is 1. The van der Waals surface area contributed by atoms with Crippen molar-refractivity contribution in [1.29, 1.82) is 0 Å². The van der Waals surface area contributed by atoms with Crippen LogP contribution in [-0.2, 0) is 13.0 Å². The zero-order chi connectivity index (χ0) is 16.7. The zero-order valence-electron chi connectivity index (χ0n) is 13.0. The number of pyridine rings is 1. The predicted molar refractivity (Wildman–Crippen MR) is 97.8 cm³/mol. The molecule has 7 heteroatoms. The van der Waals surface area contributed by atoms with Gasteiger partial charge in [0.15, 0.2) is 0 Å². The van der Waals surface area contributed by atoms with Crippen LogP contribution in [-0.4, -0.2) is 28.6 Å². The molecule has 3 aromatic rings. The van der Waals surface area contributed by atoms with E-state index in [1.165, 1.54) is 0 Å². The summed E-state index contributed by atoms with van der Waals surface area (Å²) in [5.41, 5.74) is 3.99. The normalized spacial score (nSPS) is 13.9. The monoisotopic (exact) mass is 404 g/mol. The van der Waals surface area contributed by atoms with Gasteiger partial charge in [0, 0.05) is 34.7 Å². The third-order valence-electron chi connectivity index (χ3n) is 4.24. The highest BCUT2D eigenvalue weighted by molar-refractivity contribution is 9.10. The Hall–Kier alpha value is -1.92. The number of halogens is 2. The van der Waals surface area contributed by atoms with Crippen molar-refractivity contribution in [3.8, 4) is 5.88 Å². The molecule has 0 unspecified atom stereocenters. The van der Waals surface area contributed by atoms with Gasteiger partial charge in [-0.2, -0.15) is 0 Å². The Morgan fingerprint density at radius 2 is 2.12 bits per heavy atom. The highest BCUT2D eigenvalue weighted by atomic mass is 79.9. The molecule has 122 valence electrons. The molecule has 0 amide bonds. The quantitative estimate of drug-likeness (QED) is 0.645. The van der Waals surface area contributed by atoms with E-state index in [1.54, 1.807) is 19.6 Å². The fraction of sp³-hybridized carbons (Fsp3) is 0.235. The van der Waals surface area contributed by atoms with Crippen LogP contribution >= 0.6 is 27.5 Å². The fourth-order valence-corrected chi connectivity index (χ4v) is 4.00. The van der Waals surface area contributed by atoms with Gasteiger partial charge in [-0.1, -0.05) is 27.5 Å². The first-order valence-corrected chi connectivity index (χ1v) is 8.70. The maximum Gasteiger partial charge on any atom is 0.221 e. The van der Waals surface area contributed by atoms with Crippen molar-refractivity contribution >= 4 is 44.1 Å². The van der Waals surface area contributed by atoms with E-state index in [9.17, 15) is 0 Å². The molecule has 4 rings (SSSR count). The van der Waals surface area contributed by atoms with Crippen molar-refractivity contribution in [3.05, 3.63) is 51.5 Å². The van der Waals surface area contributed by atoms with Gasteiger partial charge in [-0.05, 0) is 18.2 Å². The summed E-state index contributed by atoms with van der Waals surface area (Å²) in [6.07, 6.45) is 4.21. The molecule has 24 heavy (non-hydrogen) atoms. The average Bonchev–Trinajstić information content (AvgIpc) is 2.60. The Bertz CT molecular complexity index is 920. The van der Waals surface area contributed by atoms with Gasteiger partial charge in [-0.15, -0.1) is 0 Å². The van der Waals surface area contributed by atoms with Crippen LogP contribution in [0.4, 0.5) is 5.69 Å². The fourth-order valence-electron chi connectivity index (χ4n) is 3.14. The van der Waals surface area contributed by atoms with Crippen molar-refractivity contribution in [3.63, 3.8) is 0 Å². The minimum absolute atomic E-state index is 0.638. The molecule has 0 aliphatic carbocycles. The van der Waals surface area contributed by atoms with E-state index >= 15 is 0 Å². The molecular formula is C17H14BrClN4O. The van der Waals surface area contributed by atoms with E-state index in [2.05, 4.69) is 41.8 Å². The molecule has 0 bridgehead atoms. The molecular weight excluding hydrogens is 392 g/mol. The van der Waals surface area contributed by atoms with Crippen LogP contribution in [0.25, 0.3) is 10.9 Å². The smallest absolute Gasteiger partial charge is 0.221 e. The summed E-state index contributed by atoms with van der Waals surface area (Å²) < 4.78 is 6.34. The molecule has 0 saturated carbocycles. The molecule has 3 heterocycles. The summed E-state index contributed by atoms with van der Waals surface area (Å²) in [4.78, 5) is 15.3. The van der Waals surface area contributed by atoms with Crippen molar-refractivity contribution in [2.75, 3.05) is 18.6 Å². The van der Waals surface area contributed by atoms with Gasteiger partial charge in [0.1, 0.15) is 6.33 Å². The predicted octanol–water partition coefficient (Wildman–Crippen LogP) is 4.01. The molecule has 1 aliphatic heterocycles. The average molecular weight is 406 g/mol. The lowest BCUT2D eigenvalue weighted by atomic mass is 10.0. The number of nitrogens with zero attached hydrogens (tertiary/aromatic N) is 4. The molecule has 0 fully saturated rings. The van der Waals surface area contributed by atoms with Crippen molar-refractivity contribution in [2.24, 2.45) is 0 Å². The highest BCUT2D eigenvalue weighted by Crippen LogP contribution is 2.35. The summed E-state index contributed by atoms with van der Waals surface area (Å²) in [6.45, 7) is 1.57. The van der Waals surface area contributed by atoms with E-state index in [0.717, 1.165) is 45.3 Å². The van der Waals surface area contributed by atoms with Crippen LogP contribution in [0, 0.1) is 0 Å². The van der Waals surface area contributed by atoms with Gasteiger partial charge in [0.05, 0.1) is 35.5 Å². The second kappa shape index (κ2) is 6.18. The Kier molecular flexibility index (Phi) is 4.02. The van der Waals surface area contributed by atoms with Gasteiger partial charge < -0.3 is 9.64 Å². The van der Waals surface area contributed by atoms with Crippen molar-refractivity contribution < 1.29 is 4.74 Å². The largest absolute Gasteiger partial charge is 0.481 e. The van der Waals surface area contributed by atoms with E-state index in [-0.39, 0.29) is 0 Å². The lowest BCUT2D eigenvalue weighted by molar-refractivity contribution is 0.387. The molecule has 1 aromatic carbocycles. The van der Waals surface area contributed by atoms with E-state index in [1.807, 2.05) is 12.1 Å². The van der Waals surface area contributed by atoms with E-state index in [4.69, 9.17) is 16.3 Å². The minimum atomic E-state index is 0.638. The molecule has 5 nitrogen and oxygen atoms in total. The molecule has 0 N–H and O–H groups in total. The summed E-state index contributed by atoms with van der Waals surface area (Å²) in [5, 5.41) is 1.66. The second-order valence-corrected chi connectivity index (χ2v) is 6.92. The number of aromatic nitrogens is 3. The first-order valence-electron chi connectivity index (χ1n) is 7.53. The first-order chi connectivity index (χ1) is 11.7. The summed E-state index contributed by atoms with van der Waals surface area (Å²) >= 11 is 9.87. The Morgan fingerprint density at radius 3 is 2.96 bits per heavy atom. The summed E-state index contributed by atoms with van der Waals surface area (Å²) in [6, 6.07) is 5.94. The first kappa shape index (κ1) is 15.6. The number of anilines is 1. The van der Waals surface area contributed by atoms with Gasteiger partial charge >= 0.3 is 0 Å². The van der Waals surface area contributed by atoms with Gasteiger partial charge in [-0.25, -0.2) is 9.97 Å². The standard InChI is InChI=1S/C17H14BrClN4O/c1-24-17-12-8-23(5-3-14(12)21-9-22-17)15-2-4-20-16-11(15)6-10(18)7-13(16)19/h2,4,6-7,9H,3,5,8H2,1H3. The minimum Gasteiger partial charge on any atom is -0.481 e. The van der Waals surface area contributed by atoms with Crippen LogP contribution in [0.15, 0.2) is 35.2 Å². The number of hydrogen-bond donors (Lipinski definition) is 0. The number of methoxy groups -OCH3 is 1. The summed E-state index contributed by atoms with van der Waals surface area (Å²) in [7, 11) is 1.64. The molecule has 0 saturated heterocycles. The second-order valence-electron chi connectivity index (χ2n) is 5.59. The van der Waals surface area contributed by atoms with E-state index in [0.29, 0.717) is 17.4 Å². The number of rotatable bonds is 2. The van der Waals surface area contributed by atoms with Crippen LogP contribution in [0.2, 0.25) is 5.02 Å². The van der Waals surface area contributed by atoms with Crippen molar-refractivity contribution in [1.82, 2.24) is 15.0 Å². The zero-order valence-corrected chi connectivity index (χ0v) is 15.3. The number of hydrogen-bond acceptors (Lipinski definition) is 5. The third kappa shape index (κ3) is 2.59. The molecule has 2 aromatic heterocycles. The van der Waals surface area contributed by atoms with Crippen LogP contribution in [0.1, 0.15) is 11.3 Å². The molecule has 1 aliphatic rings. The third-order valence-corrected chi connectivity index (χ3v) is 4.98. The maximum atomic E-state index is 6.35. The van der Waals surface area contributed by atoms with Crippen molar-refractivity contribution in [2.45, 2.75) is 13.0 Å².